The lowest BCUT2D eigenvalue weighted by Gasteiger charge is -2.18. The summed E-state index contributed by atoms with van der Waals surface area (Å²) >= 11 is 5.83. The van der Waals surface area contributed by atoms with E-state index in [1.165, 1.54) is 0 Å². The molecule has 4 nitrogen and oxygen atoms in total. The van der Waals surface area contributed by atoms with Gasteiger partial charge in [-0.1, -0.05) is 17.7 Å². The van der Waals surface area contributed by atoms with Crippen molar-refractivity contribution >= 4 is 29.2 Å². The maximum Gasteiger partial charge on any atom is 0.263 e. The Kier molecular flexibility index (Phi) is 1.77. The van der Waals surface area contributed by atoms with Gasteiger partial charge >= 0.3 is 0 Å². The Morgan fingerprint density at radius 3 is 3.00 bits per heavy atom. The first-order chi connectivity index (χ1) is 6.18. The van der Waals surface area contributed by atoms with E-state index < -0.39 is 5.92 Å². The monoisotopic (exact) mass is 195 g/mol. The Labute approximate surface area is 79.5 Å². The van der Waals surface area contributed by atoms with Crippen molar-refractivity contribution in [3.8, 4) is 0 Å². The van der Waals surface area contributed by atoms with Gasteiger partial charge in [-0.2, -0.15) is 4.99 Å². The second kappa shape index (κ2) is 2.81. The molecule has 0 bridgehead atoms. The minimum Gasteiger partial charge on any atom is -0.368 e. The van der Waals surface area contributed by atoms with Crippen LogP contribution in [0.1, 0.15) is 0 Å². The number of allylic oxidation sites excluding steroid dienone is 3. The molecule has 0 spiro atoms. The van der Waals surface area contributed by atoms with Gasteiger partial charge in [0.15, 0.2) is 0 Å². The minimum absolute atomic E-state index is 0.00716. The van der Waals surface area contributed by atoms with E-state index in [-0.39, 0.29) is 11.9 Å². The largest absolute Gasteiger partial charge is 0.368 e. The molecule has 2 N–H and O–H groups in total. The second-order valence-corrected chi connectivity index (χ2v) is 3.13. The number of aliphatic imine (C=N–C) groups is 2. The van der Waals surface area contributed by atoms with Gasteiger partial charge in [-0.15, -0.1) is 0 Å². The first kappa shape index (κ1) is 8.19. The molecule has 1 atom stereocenters. The Bertz CT molecular complexity index is 392. The van der Waals surface area contributed by atoms with Gasteiger partial charge < -0.3 is 5.73 Å². The standard InChI is InChI=1S/C8H6ClN3O/c9-4-2-1-3-5-6(4)7(13)12-8(10)11-5/h1-3,6H,(H2,10,12,13). The molecule has 0 saturated heterocycles. The Balaban J connectivity index is 2.48. The molecule has 0 fully saturated rings. The second-order valence-electron chi connectivity index (χ2n) is 2.69. The lowest BCUT2D eigenvalue weighted by atomic mass is 9.96. The molecule has 5 heteroatoms. The predicted molar refractivity (Wildman–Crippen MR) is 50.6 cm³/mol. The molecule has 0 saturated carbocycles. The molecule has 0 radical (unpaired) electrons. The normalized spacial score (nSPS) is 26.1. The van der Waals surface area contributed by atoms with E-state index in [0.29, 0.717) is 10.7 Å². The number of hydrogen-bond acceptors (Lipinski definition) is 3. The van der Waals surface area contributed by atoms with Gasteiger partial charge in [0.2, 0.25) is 5.96 Å². The smallest absolute Gasteiger partial charge is 0.263 e. The van der Waals surface area contributed by atoms with Crippen LogP contribution in [0.25, 0.3) is 0 Å². The minimum atomic E-state index is -0.543. The summed E-state index contributed by atoms with van der Waals surface area (Å²) in [4.78, 5) is 18.8. The number of nitrogens with two attached hydrogens (primary N) is 1. The van der Waals surface area contributed by atoms with E-state index in [4.69, 9.17) is 17.3 Å². The summed E-state index contributed by atoms with van der Waals surface area (Å²) in [6, 6.07) is 0. The van der Waals surface area contributed by atoms with Crippen LogP contribution in [0.5, 0.6) is 0 Å². The average molecular weight is 196 g/mol. The quantitative estimate of drug-likeness (QED) is 0.615. The first-order valence-corrected chi connectivity index (χ1v) is 4.06. The molecule has 1 aliphatic heterocycles. The predicted octanol–water partition coefficient (Wildman–Crippen LogP) is 0.591. The third-order valence-corrected chi connectivity index (χ3v) is 2.15. The molecule has 66 valence electrons. The highest BCUT2D eigenvalue weighted by atomic mass is 35.5. The van der Waals surface area contributed by atoms with Crippen LogP contribution < -0.4 is 5.73 Å². The molecule has 2 aliphatic rings. The van der Waals surface area contributed by atoms with Gasteiger partial charge in [-0.25, -0.2) is 4.99 Å². The molecule has 1 unspecified atom stereocenters. The number of rotatable bonds is 0. The van der Waals surface area contributed by atoms with Gasteiger partial charge in [0.1, 0.15) is 5.92 Å². The van der Waals surface area contributed by atoms with Gasteiger partial charge in [0.25, 0.3) is 5.91 Å². The van der Waals surface area contributed by atoms with Crippen LogP contribution in [-0.4, -0.2) is 17.6 Å². The molecule has 0 aromatic carbocycles. The van der Waals surface area contributed by atoms with Crippen LogP contribution in [0.4, 0.5) is 0 Å². The van der Waals surface area contributed by atoms with E-state index in [1.807, 2.05) is 0 Å². The number of hydrogen-bond donors (Lipinski definition) is 1. The maximum absolute atomic E-state index is 11.3. The van der Waals surface area contributed by atoms with Crippen LogP contribution in [0, 0.1) is 5.92 Å². The highest BCUT2D eigenvalue weighted by Crippen LogP contribution is 2.25. The number of carbonyl (C=O) groups excluding carboxylic acids is 1. The summed E-state index contributed by atoms with van der Waals surface area (Å²) in [7, 11) is 0. The number of guanidine groups is 1. The molecule has 0 aromatic heterocycles. The third-order valence-electron chi connectivity index (χ3n) is 1.81. The summed E-state index contributed by atoms with van der Waals surface area (Å²) in [5.74, 6) is -0.903. The number of fused-ring (bicyclic) bond motifs is 1. The number of amides is 1. The lowest BCUT2D eigenvalue weighted by Crippen LogP contribution is -2.31. The SMILES string of the molecule is NC1=NC(=O)C2C(Cl)=CC=CC2=N1. The average Bonchev–Trinajstić information content (AvgIpc) is 2.02. The van der Waals surface area contributed by atoms with Crippen molar-refractivity contribution in [1.82, 2.24) is 0 Å². The van der Waals surface area contributed by atoms with E-state index in [0.717, 1.165) is 0 Å². The molecule has 1 amide bonds. The van der Waals surface area contributed by atoms with Crippen molar-refractivity contribution < 1.29 is 4.79 Å². The van der Waals surface area contributed by atoms with Gasteiger partial charge in [0, 0.05) is 5.03 Å². The fourth-order valence-electron chi connectivity index (χ4n) is 1.25. The molecule has 13 heavy (non-hydrogen) atoms. The van der Waals surface area contributed by atoms with Crippen LogP contribution in [0.2, 0.25) is 0 Å². The zero-order valence-corrected chi connectivity index (χ0v) is 7.32. The Morgan fingerprint density at radius 2 is 2.23 bits per heavy atom. The van der Waals surface area contributed by atoms with E-state index in [2.05, 4.69) is 9.98 Å². The summed E-state index contributed by atoms with van der Waals surface area (Å²) in [6.07, 6.45) is 5.08. The van der Waals surface area contributed by atoms with Gasteiger partial charge in [-0.05, 0) is 12.2 Å². The molecular weight excluding hydrogens is 190 g/mol. The van der Waals surface area contributed by atoms with Crippen molar-refractivity contribution in [1.29, 1.82) is 0 Å². The Morgan fingerprint density at radius 1 is 1.46 bits per heavy atom. The van der Waals surface area contributed by atoms with Crippen molar-refractivity contribution in [2.75, 3.05) is 0 Å². The maximum atomic E-state index is 11.3. The van der Waals surface area contributed by atoms with E-state index in [1.54, 1.807) is 18.2 Å². The van der Waals surface area contributed by atoms with Crippen LogP contribution in [-0.2, 0) is 4.79 Å². The first-order valence-electron chi connectivity index (χ1n) is 3.69. The highest BCUT2D eigenvalue weighted by Gasteiger charge is 2.30. The fourth-order valence-corrected chi connectivity index (χ4v) is 1.53. The molecule has 1 aliphatic carbocycles. The zero-order valence-electron chi connectivity index (χ0n) is 6.57. The molecule has 0 aromatic rings. The lowest BCUT2D eigenvalue weighted by molar-refractivity contribution is -0.118. The van der Waals surface area contributed by atoms with Crippen LogP contribution in [0.3, 0.4) is 0 Å². The number of halogens is 1. The van der Waals surface area contributed by atoms with Crippen molar-refractivity contribution in [2.45, 2.75) is 0 Å². The number of nitrogens with zero attached hydrogens (tertiary/aromatic N) is 2. The van der Waals surface area contributed by atoms with Crippen LogP contribution in [0.15, 0.2) is 33.2 Å². The van der Waals surface area contributed by atoms with Crippen LogP contribution >= 0.6 is 11.6 Å². The summed E-state index contributed by atoms with van der Waals surface area (Å²) in [6.45, 7) is 0. The third kappa shape index (κ3) is 1.29. The highest BCUT2D eigenvalue weighted by molar-refractivity contribution is 6.37. The van der Waals surface area contributed by atoms with Gasteiger partial charge in [0.05, 0.1) is 5.71 Å². The summed E-state index contributed by atoms with van der Waals surface area (Å²) in [5, 5.41) is 0.433. The van der Waals surface area contributed by atoms with Crippen molar-refractivity contribution in [2.24, 2.45) is 21.6 Å². The summed E-state index contributed by atoms with van der Waals surface area (Å²) < 4.78 is 0. The molecular formula is C8H6ClN3O. The summed E-state index contributed by atoms with van der Waals surface area (Å²) in [5.41, 5.74) is 5.88. The topological polar surface area (TPSA) is 67.8 Å². The van der Waals surface area contributed by atoms with Crippen molar-refractivity contribution in [3.05, 3.63) is 23.3 Å². The molecule has 2 rings (SSSR count). The Hall–Kier alpha value is -1.42. The molecule has 1 heterocycles. The van der Waals surface area contributed by atoms with Crippen molar-refractivity contribution in [3.63, 3.8) is 0 Å². The van der Waals surface area contributed by atoms with E-state index >= 15 is 0 Å². The zero-order chi connectivity index (χ0) is 9.42. The van der Waals surface area contributed by atoms with Gasteiger partial charge in [-0.3, -0.25) is 4.79 Å². The van der Waals surface area contributed by atoms with E-state index in [9.17, 15) is 4.79 Å². The fraction of sp³-hybridized carbons (Fsp3) is 0.125. The number of carbonyl (C=O) groups is 1.